The van der Waals surface area contributed by atoms with Crippen LogP contribution in [0.5, 0.6) is 0 Å². The third-order valence-corrected chi connectivity index (χ3v) is 4.20. The van der Waals surface area contributed by atoms with Crippen LogP contribution < -0.4 is 5.32 Å². The van der Waals surface area contributed by atoms with E-state index in [4.69, 9.17) is 4.42 Å². The Bertz CT molecular complexity index is 871. The number of thioether (sulfide) groups is 1. The van der Waals surface area contributed by atoms with Crippen molar-refractivity contribution in [3.63, 3.8) is 0 Å². The number of aromatic nitrogens is 4. The largest absolute Gasteiger partial charge is 0.403 e. The minimum atomic E-state index is -0.377. The van der Waals surface area contributed by atoms with E-state index in [1.807, 2.05) is 44.4 Å². The molecule has 0 fully saturated rings. The number of nitrogens with one attached hydrogen (secondary N) is 1. The lowest BCUT2D eigenvalue weighted by Crippen LogP contribution is -2.13. The lowest BCUT2D eigenvalue weighted by atomic mass is 10.2. The van der Waals surface area contributed by atoms with E-state index >= 15 is 0 Å². The van der Waals surface area contributed by atoms with Gasteiger partial charge in [-0.3, -0.25) is 14.8 Å². The van der Waals surface area contributed by atoms with Gasteiger partial charge < -0.3 is 4.42 Å². The molecular weight excluding hydrogens is 326 g/mol. The molecule has 8 heteroatoms. The molecule has 0 aliphatic carbocycles. The first kappa shape index (κ1) is 16.3. The molecule has 124 valence electrons. The Morgan fingerprint density at radius 3 is 2.88 bits per heavy atom. The van der Waals surface area contributed by atoms with Gasteiger partial charge in [-0.2, -0.15) is 5.10 Å². The second kappa shape index (κ2) is 6.88. The van der Waals surface area contributed by atoms with Gasteiger partial charge in [-0.1, -0.05) is 11.2 Å². The van der Waals surface area contributed by atoms with Crippen molar-refractivity contribution in [3.05, 3.63) is 41.7 Å². The quantitative estimate of drug-likeness (QED) is 0.716. The molecule has 0 atom stereocenters. The number of carbonyl (C=O) groups excluding carboxylic acids is 1. The van der Waals surface area contributed by atoms with Crippen LogP contribution in [0.25, 0.3) is 11.5 Å². The van der Waals surface area contributed by atoms with Crippen molar-refractivity contribution in [2.75, 3.05) is 11.6 Å². The molecule has 0 saturated heterocycles. The molecule has 7 nitrogen and oxygen atoms in total. The predicted octanol–water partition coefficient (Wildman–Crippen LogP) is 3.24. The average molecular weight is 343 g/mol. The lowest BCUT2D eigenvalue weighted by molar-refractivity contribution is 0.101. The van der Waals surface area contributed by atoms with Crippen LogP contribution in [0.2, 0.25) is 0 Å². The van der Waals surface area contributed by atoms with Crippen LogP contribution >= 0.6 is 11.8 Å². The summed E-state index contributed by atoms with van der Waals surface area (Å²) in [7, 11) is 0. The zero-order chi connectivity index (χ0) is 17.1. The minimum Gasteiger partial charge on any atom is -0.403 e. The molecule has 0 radical (unpaired) electrons. The van der Waals surface area contributed by atoms with Gasteiger partial charge in [0.05, 0.1) is 0 Å². The summed E-state index contributed by atoms with van der Waals surface area (Å²) in [6, 6.07) is 9.52. The molecule has 2 aromatic heterocycles. The van der Waals surface area contributed by atoms with Crippen LogP contribution in [-0.2, 0) is 6.54 Å². The number of hydrogen-bond donors (Lipinski definition) is 1. The van der Waals surface area contributed by atoms with Crippen LogP contribution in [0.3, 0.4) is 0 Å². The lowest BCUT2D eigenvalue weighted by Gasteiger charge is -1.99. The molecule has 24 heavy (non-hydrogen) atoms. The second-order valence-electron chi connectivity index (χ2n) is 5.09. The summed E-state index contributed by atoms with van der Waals surface area (Å²) in [4.78, 5) is 13.3. The van der Waals surface area contributed by atoms with Gasteiger partial charge >= 0.3 is 6.01 Å². The van der Waals surface area contributed by atoms with Crippen molar-refractivity contribution >= 4 is 23.7 Å². The maximum Gasteiger partial charge on any atom is 0.322 e. The van der Waals surface area contributed by atoms with Gasteiger partial charge in [-0.15, -0.1) is 16.9 Å². The first-order valence-corrected chi connectivity index (χ1v) is 8.67. The Morgan fingerprint density at radius 2 is 2.17 bits per heavy atom. The molecule has 0 unspecified atom stereocenters. The van der Waals surface area contributed by atoms with E-state index in [0.717, 1.165) is 16.2 Å². The summed E-state index contributed by atoms with van der Waals surface area (Å²) in [5, 5.41) is 14.7. The number of carbonyl (C=O) groups is 1. The molecule has 0 saturated carbocycles. The predicted molar refractivity (Wildman–Crippen MR) is 92.1 cm³/mol. The van der Waals surface area contributed by atoms with Crippen LogP contribution in [0, 0.1) is 6.92 Å². The van der Waals surface area contributed by atoms with E-state index in [1.54, 1.807) is 22.5 Å². The Kier molecular flexibility index (Phi) is 4.66. The van der Waals surface area contributed by atoms with E-state index in [9.17, 15) is 4.79 Å². The van der Waals surface area contributed by atoms with Crippen LogP contribution in [0.4, 0.5) is 6.01 Å². The Morgan fingerprint density at radius 1 is 1.33 bits per heavy atom. The zero-order valence-corrected chi connectivity index (χ0v) is 14.4. The number of rotatable bonds is 5. The maximum atomic E-state index is 12.2. The summed E-state index contributed by atoms with van der Waals surface area (Å²) in [6.07, 6.45) is 2.00. The number of hydrogen-bond acceptors (Lipinski definition) is 6. The molecule has 0 aliphatic rings. The van der Waals surface area contributed by atoms with Crippen molar-refractivity contribution in [2.45, 2.75) is 25.3 Å². The monoisotopic (exact) mass is 343 g/mol. The average Bonchev–Trinajstić information content (AvgIpc) is 3.21. The Balaban J connectivity index is 1.76. The molecule has 1 aromatic carbocycles. The highest BCUT2D eigenvalue weighted by Gasteiger charge is 2.16. The third-order valence-electron chi connectivity index (χ3n) is 3.48. The van der Waals surface area contributed by atoms with Gasteiger partial charge in [0.25, 0.3) is 5.91 Å². The number of aryl methyl sites for hydroxylation is 2. The summed E-state index contributed by atoms with van der Waals surface area (Å²) < 4.78 is 7.28. The zero-order valence-electron chi connectivity index (χ0n) is 13.6. The van der Waals surface area contributed by atoms with Crippen LogP contribution in [0.1, 0.15) is 23.1 Å². The van der Waals surface area contributed by atoms with Crippen molar-refractivity contribution < 1.29 is 9.21 Å². The number of amides is 1. The standard InChI is InChI=1S/C16H17N5O2S/c1-4-21-10(2)8-13(20-21)14(22)17-16-19-18-15(23-16)11-6-5-7-12(9-11)24-3/h5-9H,4H2,1-3H3,(H,17,19,22). The van der Waals surface area contributed by atoms with E-state index in [-0.39, 0.29) is 11.9 Å². The molecule has 3 rings (SSSR count). The van der Waals surface area contributed by atoms with E-state index in [2.05, 4.69) is 20.6 Å². The van der Waals surface area contributed by atoms with E-state index in [0.29, 0.717) is 18.1 Å². The highest BCUT2D eigenvalue weighted by molar-refractivity contribution is 7.98. The fourth-order valence-electron chi connectivity index (χ4n) is 2.25. The molecule has 0 spiro atoms. The normalized spacial score (nSPS) is 10.8. The van der Waals surface area contributed by atoms with Gasteiger partial charge in [-0.25, -0.2) is 0 Å². The van der Waals surface area contributed by atoms with E-state index < -0.39 is 0 Å². The molecule has 0 aliphatic heterocycles. The summed E-state index contributed by atoms with van der Waals surface area (Å²) in [6.45, 7) is 4.57. The summed E-state index contributed by atoms with van der Waals surface area (Å²) in [5.74, 6) is -0.0187. The van der Waals surface area contributed by atoms with Gasteiger partial charge in [0.15, 0.2) is 5.69 Å². The maximum absolute atomic E-state index is 12.2. The smallest absolute Gasteiger partial charge is 0.322 e. The fraction of sp³-hybridized carbons (Fsp3) is 0.250. The van der Waals surface area contributed by atoms with Crippen molar-refractivity contribution in [3.8, 4) is 11.5 Å². The topological polar surface area (TPSA) is 85.8 Å². The second-order valence-corrected chi connectivity index (χ2v) is 5.96. The Hall–Kier alpha value is -2.61. The highest BCUT2D eigenvalue weighted by atomic mass is 32.2. The molecule has 3 aromatic rings. The summed E-state index contributed by atoms with van der Waals surface area (Å²) in [5.41, 5.74) is 2.04. The van der Waals surface area contributed by atoms with Gasteiger partial charge in [-0.05, 0) is 44.4 Å². The number of anilines is 1. The summed E-state index contributed by atoms with van der Waals surface area (Å²) >= 11 is 1.63. The van der Waals surface area contributed by atoms with E-state index in [1.165, 1.54) is 0 Å². The van der Waals surface area contributed by atoms with Gasteiger partial charge in [0.1, 0.15) is 0 Å². The molecule has 1 amide bonds. The van der Waals surface area contributed by atoms with Crippen molar-refractivity contribution in [1.29, 1.82) is 0 Å². The van der Waals surface area contributed by atoms with Crippen molar-refractivity contribution in [2.24, 2.45) is 0 Å². The highest BCUT2D eigenvalue weighted by Crippen LogP contribution is 2.24. The van der Waals surface area contributed by atoms with Crippen LogP contribution in [-0.4, -0.2) is 32.1 Å². The first-order valence-electron chi connectivity index (χ1n) is 7.44. The number of nitrogens with zero attached hydrogens (tertiary/aromatic N) is 4. The van der Waals surface area contributed by atoms with Crippen LogP contribution in [0.15, 0.2) is 39.6 Å². The molecule has 2 heterocycles. The number of benzene rings is 1. The van der Waals surface area contributed by atoms with Gasteiger partial charge in [0.2, 0.25) is 5.89 Å². The van der Waals surface area contributed by atoms with Crippen molar-refractivity contribution in [1.82, 2.24) is 20.0 Å². The third kappa shape index (κ3) is 3.33. The SMILES string of the molecule is CCn1nc(C(=O)Nc2nnc(-c3cccc(SC)c3)o2)cc1C. The molecule has 0 bridgehead atoms. The van der Waals surface area contributed by atoms with Gasteiger partial charge in [0, 0.05) is 22.7 Å². The fourth-order valence-corrected chi connectivity index (χ4v) is 2.71. The minimum absolute atomic E-state index is 0.0493. The first-order chi connectivity index (χ1) is 11.6. The Labute approximate surface area is 143 Å². The molecular formula is C16H17N5O2S. The molecule has 1 N–H and O–H groups in total.